The predicted octanol–water partition coefficient (Wildman–Crippen LogP) is 1.30. The monoisotopic (exact) mass is 438 g/mol. The van der Waals surface area contributed by atoms with Crippen LogP contribution in [0.4, 0.5) is 0 Å². The number of hydrogen-bond donors (Lipinski definition) is 6. The topological polar surface area (TPSA) is 172 Å². The van der Waals surface area contributed by atoms with Crippen LogP contribution in [0.2, 0.25) is 0 Å². The molecular formula is C21H18N12. The van der Waals surface area contributed by atoms with Crippen LogP contribution < -0.4 is 0 Å². The lowest BCUT2D eigenvalue weighted by Crippen LogP contribution is -2.27. The van der Waals surface area contributed by atoms with Gasteiger partial charge in [-0.1, -0.05) is 0 Å². The maximum atomic E-state index is 4.33. The molecule has 0 saturated heterocycles. The zero-order valence-corrected chi connectivity index (χ0v) is 17.1. The Kier molecular flexibility index (Phi) is 3.34. The smallest absolute Gasteiger partial charge is 0.0897 e. The summed E-state index contributed by atoms with van der Waals surface area (Å²) < 4.78 is 0. The summed E-state index contributed by atoms with van der Waals surface area (Å²) in [5, 5.41) is 45.5. The minimum atomic E-state index is -0.800. The molecule has 0 aromatic carbocycles. The van der Waals surface area contributed by atoms with Gasteiger partial charge in [0.2, 0.25) is 0 Å². The molecule has 1 fully saturated rings. The molecule has 0 spiro atoms. The molecule has 0 bridgehead atoms. The summed E-state index contributed by atoms with van der Waals surface area (Å²) >= 11 is 0. The highest BCUT2D eigenvalue weighted by atomic mass is 15.3. The molecule has 1 saturated carbocycles. The van der Waals surface area contributed by atoms with E-state index in [1.807, 2.05) is 36.4 Å². The molecule has 162 valence electrons. The van der Waals surface area contributed by atoms with E-state index in [1.165, 1.54) is 0 Å². The fourth-order valence-electron chi connectivity index (χ4n) is 6.21. The minimum Gasteiger partial charge on any atom is -0.282 e. The number of aromatic amines is 6. The third kappa shape index (κ3) is 1.80. The van der Waals surface area contributed by atoms with Crippen LogP contribution in [0, 0.1) is 0 Å². The quantitative estimate of drug-likeness (QED) is 0.229. The number of hydrogen-bond acceptors (Lipinski definition) is 6. The van der Waals surface area contributed by atoms with E-state index in [2.05, 4.69) is 61.2 Å². The summed E-state index contributed by atoms with van der Waals surface area (Å²) in [4.78, 5) is 0. The van der Waals surface area contributed by atoms with Crippen LogP contribution in [-0.2, 0) is 16.2 Å². The Hall–Kier alpha value is -4.74. The van der Waals surface area contributed by atoms with Crippen LogP contribution in [0.3, 0.4) is 0 Å². The number of H-pyrrole nitrogens is 6. The van der Waals surface area contributed by atoms with Crippen molar-refractivity contribution in [3.8, 4) is 0 Å². The molecule has 0 aliphatic heterocycles. The summed E-state index contributed by atoms with van der Waals surface area (Å²) in [5.41, 5.74) is 2.85. The maximum absolute atomic E-state index is 4.33. The van der Waals surface area contributed by atoms with Gasteiger partial charge in [-0.2, -0.15) is 30.6 Å². The SMILES string of the molecule is c1cc(C2(c3ccn[nH]3)C(c3ccn[nH]3)(c3ccn[nH]3)C2(c2ccn[nH]2)c2ccn[nH]2)[nH]n1. The van der Waals surface area contributed by atoms with Gasteiger partial charge in [-0.25, -0.2) is 0 Å². The fraction of sp³-hybridized carbons (Fsp3) is 0.143. The molecule has 0 unspecified atom stereocenters. The molecule has 1 aliphatic rings. The number of nitrogens with one attached hydrogen (secondary N) is 6. The Balaban J connectivity index is 1.75. The molecule has 1 aliphatic carbocycles. The molecule has 6 heterocycles. The van der Waals surface area contributed by atoms with Gasteiger partial charge < -0.3 is 0 Å². The Morgan fingerprint density at radius 3 is 0.636 bits per heavy atom. The summed E-state index contributed by atoms with van der Waals surface area (Å²) in [5.74, 6) is 0. The zero-order valence-electron chi connectivity index (χ0n) is 17.1. The van der Waals surface area contributed by atoms with E-state index in [9.17, 15) is 0 Å². The van der Waals surface area contributed by atoms with Crippen molar-refractivity contribution in [1.82, 2.24) is 61.2 Å². The normalized spacial score (nSPS) is 17.8. The highest BCUT2D eigenvalue weighted by Gasteiger charge is 2.94. The number of rotatable bonds is 6. The van der Waals surface area contributed by atoms with E-state index in [1.54, 1.807) is 37.2 Å². The van der Waals surface area contributed by atoms with Crippen LogP contribution in [0.5, 0.6) is 0 Å². The standard InChI is InChI=1S/C21H18N12/c1-7-22-28-13(1)19(14-2-8-23-29-14)20(15-3-9-24-30-15,16-4-10-25-31-16)21(19,17-5-11-26-32-17)18-6-12-27-33-18/h1-12H,(H,22,28)(H,23,29)(H,24,30)(H,25,31)(H,26,32)(H,27,33). The molecule has 33 heavy (non-hydrogen) atoms. The van der Waals surface area contributed by atoms with Crippen molar-refractivity contribution in [3.63, 3.8) is 0 Å². The lowest BCUT2D eigenvalue weighted by atomic mass is 9.82. The molecule has 12 heteroatoms. The molecular weight excluding hydrogens is 420 g/mol. The van der Waals surface area contributed by atoms with Crippen molar-refractivity contribution in [3.05, 3.63) is 108 Å². The van der Waals surface area contributed by atoms with Gasteiger partial charge in [-0.3, -0.25) is 30.6 Å². The Bertz CT molecular complexity index is 1140. The predicted molar refractivity (Wildman–Crippen MR) is 114 cm³/mol. The van der Waals surface area contributed by atoms with Crippen LogP contribution in [0.25, 0.3) is 0 Å². The van der Waals surface area contributed by atoms with Gasteiger partial charge in [-0.05, 0) is 36.4 Å². The van der Waals surface area contributed by atoms with E-state index in [4.69, 9.17) is 0 Å². The van der Waals surface area contributed by atoms with Gasteiger partial charge >= 0.3 is 0 Å². The van der Waals surface area contributed by atoms with Crippen LogP contribution >= 0.6 is 0 Å². The molecule has 0 radical (unpaired) electrons. The van der Waals surface area contributed by atoms with Crippen molar-refractivity contribution in [2.45, 2.75) is 16.2 Å². The van der Waals surface area contributed by atoms with Crippen LogP contribution in [0.15, 0.2) is 73.6 Å². The molecule has 6 aromatic heterocycles. The molecule has 0 atom stereocenters. The third-order valence-electron chi connectivity index (χ3n) is 7.05. The van der Waals surface area contributed by atoms with E-state index in [-0.39, 0.29) is 0 Å². The lowest BCUT2D eigenvalue weighted by molar-refractivity contribution is 0.615. The first-order valence-electron chi connectivity index (χ1n) is 10.4. The average molecular weight is 438 g/mol. The van der Waals surface area contributed by atoms with Crippen molar-refractivity contribution in [2.75, 3.05) is 0 Å². The van der Waals surface area contributed by atoms with Crippen LogP contribution in [0.1, 0.15) is 34.2 Å². The first-order valence-corrected chi connectivity index (χ1v) is 10.4. The molecule has 6 aromatic rings. The fourth-order valence-corrected chi connectivity index (χ4v) is 6.21. The second-order valence-electron chi connectivity index (χ2n) is 8.07. The van der Waals surface area contributed by atoms with E-state index in [0.717, 1.165) is 34.2 Å². The van der Waals surface area contributed by atoms with Gasteiger partial charge in [-0.15, -0.1) is 0 Å². The van der Waals surface area contributed by atoms with E-state index >= 15 is 0 Å². The van der Waals surface area contributed by atoms with Crippen molar-refractivity contribution < 1.29 is 0 Å². The molecule has 12 nitrogen and oxygen atoms in total. The lowest BCUT2D eigenvalue weighted by Gasteiger charge is -2.21. The van der Waals surface area contributed by atoms with Gasteiger partial charge in [0.25, 0.3) is 0 Å². The summed E-state index contributed by atoms with van der Waals surface area (Å²) in [6.45, 7) is 0. The molecule has 6 N–H and O–H groups in total. The Morgan fingerprint density at radius 2 is 0.515 bits per heavy atom. The van der Waals surface area contributed by atoms with E-state index in [0.29, 0.717) is 0 Å². The number of nitrogens with zero attached hydrogens (tertiary/aromatic N) is 6. The number of aromatic nitrogens is 12. The van der Waals surface area contributed by atoms with E-state index < -0.39 is 16.2 Å². The van der Waals surface area contributed by atoms with Crippen molar-refractivity contribution in [2.24, 2.45) is 0 Å². The van der Waals surface area contributed by atoms with Crippen molar-refractivity contribution in [1.29, 1.82) is 0 Å². The third-order valence-corrected chi connectivity index (χ3v) is 7.05. The van der Waals surface area contributed by atoms with Crippen molar-refractivity contribution >= 4 is 0 Å². The van der Waals surface area contributed by atoms with Gasteiger partial charge in [0, 0.05) is 37.2 Å². The second-order valence-corrected chi connectivity index (χ2v) is 8.07. The largest absolute Gasteiger partial charge is 0.282 e. The first-order chi connectivity index (χ1) is 16.4. The summed E-state index contributed by atoms with van der Waals surface area (Å²) in [6, 6.07) is 11.9. The zero-order chi connectivity index (χ0) is 21.9. The Labute approximate surface area is 185 Å². The average Bonchev–Trinajstić information content (AvgIpc) is 3.66. The van der Waals surface area contributed by atoms with Crippen LogP contribution in [-0.4, -0.2) is 61.2 Å². The first kappa shape index (κ1) is 17.9. The maximum Gasteiger partial charge on any atom is 0.0897 e. The highest BCUT2D eigenvalue weighted by molar-refractivity contribution is 5.76. The van der Waals surface area contributed by atoms with Gasteiger partial charge in [0.1, 0.15) is 0 Å². The second kappa shape index (κ2) is 6.16. The summed E-state index contributed by atoms with van der Waals surface area (Å²) in [7, 11) is 0. The van der Waals surface area contributed by atoms with Gasteiger partial charge in [0.15, 0.2) is 0 Å². The van der Waals surface area contributed by atoms with Gasteiger partial charge in [0.05, 0.1) is 50.4 Å². The minimum absolute atomic E-state index is 0.800. The molecule has 7 rings (SSSR count). The molecule has 0 amide bonds. The summed E-state index contributed by atoms with van der Waals surface area (Å²) in [6.07, 6.45) is 10.5. The Morgan fingerprint density at radius 1 is 0.333 bits per heavy atom. The highest BCUT2D eigenvalue weighted by Crippen LogP contribution is 2.84.